The van der Waals surface area contributed by atoms with Crippen molar-refractivity contribution < 1.29 is 5.11 Å². The van der Waals surface area contributed by atoms with Gasteiger partial charge in [-0.2, -0.15) is 0 Å². The topological polar surface area (TPSA) is 56.7 Å². The molecule has 25 heavy (non-hydrogen) atoms. The van der Waals surface area contributed by atoms with E-state index >= 15 is 0 Å². The quantitative estimate of drug-likeness (QED) is 0.509. The van der Waals surface area contributed by atoms with E-state index in [4.69, 9.17) is 0 Å². The molecule has 0 spiro atoms. The van der Waals surface area contributed by atoms with Gasteiger partial charge in [0.2, 0.25) is 0 Å². The number of guanidine groups is 1. The third-order valence-corrected chi connectivity index (χ3v) is 4.02. The number of aliphatic imine (C=N–C) groups is 1. The smallest absolute Gasteiger partial charge is 0.191 e. The van der Waals surface area contributed by atoms with Crippen LogP contribution in [0, 0.1) is 0 Å². The molecule has 1 unspecified atom stereocenters. The molecule has 4 heteroatoms. The highest BCUT2D eigenvalue weighted by atomic mass is 16.3. The maximum atomic E-state index is 9.52. The Morgan fingerprint density at radius 3 is 2.52 bits per heavy atom. The van der Waals surface area contributed by atoms with Crippen molar-refractivity contribution in [2.75, 3.05) is 13.1 Å². The number of hydrogen-bond acceptors (Lipinski definition) is 2. The predicted molar refractivity (Wildman–Crippen MR) is 105 cm³/mol. The van der Waals surface area contributed by atoms with Gasteiger partial charge in [-0.05, 0) is 56.4 Å². The van der Waals surface area contributed by atoms with Gasteiger partial charge in [0.05, 0.1) is 0 Å². The van der Waals surface area contributed by atoms with Crippen LogP contribution in [0.5, 0.6) is 5.75 Å². The second-order valence-electron chi connectivity index (χ2n) is 6.25. The van der Waals surface area contributed by atoms with Crippen molar-refractivity contribution >= 4 is 5.96 Å². The second kappa shape index (κ2) is 10.4. The number of nitrogens with zero attached hydrogens (tertiary/aromatic N) is 1. The van der Waals surface area contributed by atoms with E-state index < -0.39 is 0 Å². The first-order chi connectivity index (χ1) is 12.2. The van der Waals surface area contributed by atoms with Crippen molar-refractivity contribution in [1.82, 2.24) is 10.6 Å². The van der Waals surface area contributed by atoms with Crippen LogP contribution in [0.4, 0.5) is 0 Å². The summed E-state index contributed by atoms with van der Waals surface area (Å²) in [7, 11) is 0. The van der Waals surface area contributed by atoms with Crippen LogP contribution in [0.25, 0.3) is 0 Å². The fourth-order valence-corrected chi connectivity index (χ4v) is 2.66. The van der Waals surface area contributed by atoms with Gasteiger partial charge in [-0.1, -0.05) is 42.5 Å². The Morgan fingerprint density at radius 1 is 1.04 bits per heavy atom. The summed E-state index contributed by atoms with van der Waals surface area (Å²) < 4.78 is 0. The molecule has 3 N–H and O–H groups in total. The van der Waals surface area contributed by atoms with Crippen LogP contribution in [-0.2, 0) is 12.8 Å². The Labute approximate surface area is 151 Å². The molecule has 2 aromatic rings. The highest BCUT2D eigenvalue weighted by Crippen LogP contribution is 2.11. The minimum atomic E-state index is 0.307. The molecule has 2 aromatic carbocycles. The standard InChI is InChI=1S/C21H29N3O/c1-3-22-21(23-15-14-19-10-7-11-20(25)16-19)24-17(2)12-13-18-8-5-4-6-9-18/h4-11,16-17,25H,3,12-15H2,1-2H3,(H2,22,23,24). The normalized spacial score (nSPS) is 12.6. The molecule has 0 saturated heterocycles. The maximum absolute atomic E-state index is 9.52. The van der Waals surface area contributed by atoms with Crippen molar-refractivity contribution in [3.05, 3.63) is 65.7 Å². The number of phenolic OH excluding ortho intramolecular Hbond substituents is 1. The Kier molecular flexibility index (Phi) is 7.83. The van der Waals surface area contributed by atoms with E-state index in [0.29, 0.717) is 18.3 Å². The Bertz CT molecular complexity index is 655. The van der Waals surface area contributed by atoms with E-state index in [1.807, 2.05) is 18.2 Å². The molecule has 0 aliphatic carbocycles. The lowest BCUT2D eigenvalue weighted by molar-refractivity contribution is 0.474. The number of aryl methyl sites for hydroxylation is 1. The highest BCUT2D eigenvalue weighted by Gasteiger charge is 2.05. The van der Waals surface area contributed by atoms with Gasteiger partial charge in [0.15, 0.2) is 5.96 Å². The Balaban J connectivity index is 1.81. The van der Waals surface area contributed by atoms with Crippen LogP contribution in [0.1, 0.15) is 31.4 Å². The largest absolute Gasteiger partial charge is 0.508 e. The molecule has 0 amide bonds. The number of nitrogens with one attached hydrogen (secondary N) is 2. The summed E-state index contributed by atoms with van der Waals surface area (Å²) in [5.41, 5.74) is 2.46. The van der Waals surface area contributed by atoms with Crippen LogP contribution >= 0.6 is 0 Å². The van der Waals surface area contributed by atoms with Crippen molar-refractivity contribution in [1.29, 1.82) is 0 Å². The van der Waals surface area contributed by atoms with Gasteiger partial charge < -0.3 is 15.7 Å². The number of rotatable bonds is 8. The summed E-state index contributed by atoms with van der Waals surface area (Å²) in [6.07, 6.45) is 2.92. The Hall–Kier alpha value is -2.49. The van der Waals surface area contributed by atoms with Crippen LogP contribution in [0.15, 0.2) is 59.6 Å². The molecule has 0 fully saturated rings. The first kappa shape index (κ1) is 18.8. The molecule has 0 aliphatic rings. The predicted octanol–water partition coefficient (Wildman–Crippen LogP) is 3.51. The van der Waals surface area contributed by atoms with Crippen LogP contribution in [-0.4, -0.2) is 30.2 Å². The van der Waals surface area contributed by atoms with Gasteiger partial charge >= 0.3 is 0 Å². The zero-order valence-corrected chi connectivity index (χ0v) is 15.2. The third-order valence-electron chi connectivity index (χ3n) is 4.02. The van der Waals surface area contributed by atoms with E-state index in [2.05, 4.69) is 53.7 Å². The fourth-order valence-electron chi connectivity index (χ4n) is 2.66. The maximum Gasteiger partial charge on any atom is 0.191 e. The molecule has 0 saturated carbocycles. The van der Waals surface area contributed by atoms with Crippen molar-refractivity contribution in [3.63, 3.8) is 0 Å². The molecule has 0 heterocycles. The zero-order chi connectivity index (χ0) is 17.9. The van der Waals surface area contributed by atoms with E-state index in [-0.39, 0.29) is 0 Å². The molecular formula is C21H29N3O. The minimum absolute atomic E-state index is 0.307. The lowest BCUT2D eigenvalue weighted by atomic mass is 10.1. The lowest BCUT2D eigenvalue weighted by Crippen LogP contribution is -2.42. The number of phenols is 1. The number of benzene rings is 2. The van der Waals surface area contributed by atoms with Crippen molar-refractivity contribution in [2.45, 2.75) is 39.2 Å². The van der Waals surface area contributed by atoms with Gasteiger partial charge in [-0.25, -0.2) is 0 Å². The second-order valence-corrected chi connectivity index (χ2v) is 6.25. The van der Waals surface area contributed by atoms with Gasteiger partial charge in [0.25, 0.3) is 0 Å². The summed E-state index contributed by atoms with van der Waals surface area (Å²) in [5.74, 6) is 1.16. The summed E-state index contributed by atoms with van der Waals surface area (Å²) in [5, 5.41) is 16.3. The molecule has 0 aromatic heterocycles. The van der Waals surface area contributed by atoms with E-state index in [9.17, 15) is 5.11 Å². The molecule has 0 aliphatic heterocycles. The monoisotopic (exact) mass is 339 g/mol. The lowest BCUT2D eigenvalue weighted by Gasteiger charge is -2.18. The van der Waals surface area contributed by atoms with Crippen molar-refractivity contribution in [3.8, 4) is 5.75 Å². The van der Waals surface area contributed by atoms with Gasteiger partial charge in [-0.15, -0.1) is 0 Å². The average Bonchev–Trinajstić information content (AvgIpc) is 2.61. The van der Waals surface area contributed by atoms with E-state index in [0.717, 1.165) is 37.3 Å². The van der Waals surface area contributed by atoms with E-state index in [1.165, 1.54) is 5.56 Å². The first-order valence-electron chi connectivity index (χ1n) is 9.04. The van der Waals surface area contributed by atoms with Gasteiger partial charge in [0.1, 0.15) is 5.75 Å². The zero-order valence-electron chi connectivity index (χ0n) is 15.2. The molecular weight excluding hydrogens is 310 g/mol. The fraction of sp³-hybridized carbons (Fsp3) is 0.381. The Morgan fingerprint density at radius 2 is 1.80 bits per heavy atom. The summed E-state index contributed by atoms with van der Waals surface area (Å²) in [6, 6.07) is 18.3. The molecule has 2 rings (SSSR count). The molecule has 1 atom stereocenters. The van der Waals surface area contributed by atoms with Gasteiger partial charge in [0, 0.05) is 19.1 Å². The van der Waals surface area contributed by atoms with Crippen molar-refractivity contribution in [2.24, 2.45) is 4.99 Å². The highest BCUT2D eigenvalue weighted by molar-refractivity contribution is 5.80. The average molecular weight is 339 g/mol. The first-order valence-corrected chi connectivity index (χ1v) is 9.04. The number of aromatic hydroxyl groups is 1. The van der Waals surface area contributed by atoms with Crippen LogP contribution in [0.3, 0.4) is 0 Å². The summed E-state index contributed by atoms with van der Waals surface area (Å²) >= 11 is 0. The molecule has 4 nitrogen and oxygen atoms in total. The van der Waals surface area contributed by atoms with E-state index in [1.54, 1.807) is 12.1 Å². The third kappa shape index (κ3) is 7.29. The minimum Gasteiger partial charge on any atom is -0.508 e. The van der Waals surface area contributed by atoms with Crippen LogP contribution in [0.2, 0.25) is 0 Å². The summed E-state index contributed by atoms with van der Waals surface area (Å²) in [6.45, 7) is 5.78. The SMILES string of the molecule is CCNC(=NCCc1cccc(O)c1)NC(C)CCc1ccccc1. The molecule has 0 bridgehead atoms. The molecule has 134 valence electrons. The summed E-state index contributed by atoms with van der Waals surface area (Å²) in [4.78, 5) is 4.65. The number of hydrogen-bond donors (Lipinski definition) is 3. The molecule has 0 radical (unpaired) electrons. The van der Waals surface area contributed by atoms with Gasteiger partial charge in [-0.3, -0.25) is 4.99 Å². The van der Waals surface area contributed by atoms with Crippen LogP contribution < -0.4 is 10.6 Å².